The van der Waals surface area contributed by atoms with Crippen molar-refractivity contribution in [2.45, 2.75) is 67.2 Å². The van der Waals surface area contributed by atoms with Crippen LogP contribution in [0.5, 0.6) is 0 Å². The van der Waals surface area contributed by atoms with Crippen molar-refractivity contribution in [1.29, 1.82) is 0 Å². The van der Waals surface area contributed by atoms with Crippen LogP contribution >= 0.6 is 0 Å². The zero-order chi connectivity index (χ0) is 24.6. The Morgan fingerprint density at radius 2 is 0.938 bits per heavy atom. The van der Waals surface area contributed by atoms with Crippen LogP contribution in [0.4, 0.5) is 9.59 Å². The first kappa shape index (κ1) is 29.5. The Morgan fingerprint density at radius 1 is 0.594 bits per heavy atom. The van der Waals surface area contributed by atoms with Gasteiger partial charge in [0.1, 0.15) is 13.2 Å². The van der Waals surface area contributed by atoms with Gasteiger partial charge in [-0.3, -0.25) is 9.59 Å². The molecule has 0 heterocycles. The van der Waals surface area contributed by atoms with Crippen LogP contribution in [-0.2, 0) is 28.5 Å². The van der Waals surface area contributed by atoms with Gasteiger partial charge in [0.25, 0.3) is 0 Å². The van der Waals surface area contributed by atoms with Crippen molar-refractivity contribution in [1.82, 2.24) is 10.6 Å². The molecule has 0 atom stereocenters. The average molecular weight is 461 g/mol. The van der Waals surface area contributed by atoms with Gasteiger partial charge in [-0.2, -0.15) is 0 Å². The number of nitrogens with one attached hydrogen (secondary N) is 2. The molecule has 0 aliphatic carbocycles. The van der Waals surface area contributed by atoms with Crippen LogP contribution in [-0.4, -0.2) is 63.6 Å². The normalized spacial score (nSPS) is 11.3. The molecule has 10 nitrogen and oxygen atoms in total. The maximum Gasteiger partial charge on any atom is 0.407 e. The number of amides is 2. The van der Waals surface area contributed by atoms with Crippen molar-refractivity contribution in [2.24, 2.45) is 10.8 Å². The SMILES string of the molecule is CCC(C)(C)C(=O)OCCNC(=O)OCCCCOC(=O)NCCOC(=O)C(C)(C)CC. The molecule has 0 saturated carbocycles. The number of hydrogen-bond donors (Lipinski definition) is 2. The molecule has 0 saturated heterocycles. The van der Waals surface area contributed by atoms with E-state index in [2.05, 4.69) is 10.6 Å². The Balaban J connectivity index is 3.64. The number of carbonyl (C=O) groups excluding carboxylic acids is 4. The monoisotopic (exact) mass is 460 g/mol. The van der Waals surface area contributed by atoms with Crippen molar-refractivity contribution in [3.8, 4) is 0 Å². The molecule has 0 aliphatic heterocycles. The number of ether oxygens (including phenoxy) is 4. The van der Waals surface area contributed by atoms with Crippen molar-refractivity contribution < 1.29 is 38.1 Å². The lowest BCUT2D eigenvalue weighted by molar-refractivity contribution is -0.154. The van der Waals surface area contributed by atoms with Crippen molar-refractivity contribution >= 4 is 24.1 Å². The van der Waals surface area contributed by atoms with E-state index in [0.717, 1.165) is 0 Å². The average Bonchev–Trinajstić information content (AvgIpc) is 2.75. The second-order valence-corrected chi connectivity index (χ2v) is 8.58. The molecule has 0 radical (unpaired) electrons. The first-order chi connectivity index (χ1) is 15.0. The second kappa shape index (κ2) is 15.3. The van der Waals surface area contributed by atoms with Gasteiger partial charge in [-0.25, -0.2) is 9.59 Å². The first-order valence-electron chi connectivity index (χ1n) is 11.1. The van der Waals surface area contributed by atoms with Crippen LogP contribution in [0.2, 0.25) is 0 Å². The highest BCUT2D eigenvalue weighted by molar-refractivity contribution is 5.76. The Morgan fingerprint density at radius 3 is 1.25 bits per heavy atom. The van der Waals surface area contributed by atoms with E-state index in [9.17, 15) is 19.2 Å². The quantitative estimate of drug-likeness (QED) is 0.217. The van der Waals surface area contributed by atoms with E-state index in [0.29, 0.717) is 25.7 Å². The zero-order valence-electron chi connectivity index (χ0n) is 20.3. The van der Waals surface area contributed by atoms with Gasteiger partial charge in [-0.05, 0) is 53.4 Å². The summed E-state index contributed by atoms with van der Waals surface area (Å²) in [4.78, 5) is 46.7. The summed E-state index contributed by atoms with van der Waals surface area (Å²) in [6.07, 6.45) is 1.17. The maximum atomic E-state index is 11.8. The predicted octanol–water partition coefficient (Wildman–Crippen LogP) is 3.18. The van der Waals surface area contributed by atoms with Crippen molar-refractivity contribution in [2.75, 3.05) is 39.5 Å². The fourth-order valence-electron chi connectivity index (χ4n) is 1.91. The smallest absolute Gasteiger partial charge is 0.407 e. The van der Waals surface area contributed by atoms with E-state index in [1.807, 2.05) is 13.8 Å². The number of hydrogen-bond acceptors (Lipinski definition) is 8. The molecule has 0 bridgehead atoms. The standard InChI is InChI=1S/C22H40N2O8/c1-7-21(3,4)17(25)29-15-11-23-19(27)31-13-9-10-14-32-20(28)24-12-16-30-18(26)22(5,6)8-2/h7-16H2,1-6H3,(H,23,27)(H,24,28). The van der Waals surface area contributed by atoms with E-state index in [1.54, 1.807) is 27.7 Å². The van der Waals surface area contributed by atoms with Crippen LogP contribution in [0.1, 0.15) is 67.2 Å². The zero-order valence-corrected chi connectivity index (χ0v) is 20.3. The molecule has 186 valence electrons. The lowest BCUT2D eigenvalue weighted by atomic mass is 9.91. The third-order valence-corrected chi connectivity index (χ3v) is 5.09. The topological polar surface area (TPSA) is 129 Å². The molecule has 0 aromatic heterocycles. The van der Waals surface area contributed by atoms with Crippen molar-refractivity contribution in [3.63, 3.8) is 0 Å². The molecule has 32 heavy (non-hydrogen) atoms. The van der Waals surface area contributed by atoms with Crippen LogP contribution in [0.15, 0.2) is 0 Å². The highest BCUT2D eigenvalue weighted by atomic mass is 16.6. The summed E-state index contributed by atoms with van der Waals surface area (Å²) in [7, 11) is 0. The van der Waals surface area contributed by atoms with Gasteiger partial charge in [0.05, 0.1) is 37.1 Å². The largest absolute Gasteiger partial charge is 0.463 e. The van der Waals surface area contributed by atoms with E-state index in [4.69, 9.17) is 18.9 Å². The lowest BCUT2D eigenvalue weighted by Gasteiger charge is -2.20. The Bertz CT molecular complexity index is 553. The van der Waals surface area contributed by atoms with E-state index < -0.39 is 23.0 Å². The van der Waals surface area contributed by atoms with Crippen LogP contribution in [0.25, 0.3) is 0 Å². The lowest BCUT2D eigenvalue weighted by Crippen LogP contribution is -2.32. The van der Waals surface area contributed by atoms with Crippen molar-refractivity contribution in [3.05, 3.63) is 0 Å². The van der Waals surface area contributed by atoms with Gasteiger partial charge in [0, 0.05) is 0 Å². The molecular weight excluding hydrogens is 420 g/mol. The summed E-state index contributed by atoms with van der Waals surface area (Å²) in [6, 6.07) is 0. The summed E-state index contributed by atoms with van der Waals surface area (Å²) in [5.74, 6) is -0.610. The highest BCUT2D eigenvalue weighted by Crippen LogP contribution is 2.21. The predicted molar refractivity (Wildman–Crippen MR) is 118 cm³/mol. The molecule has 0 aromatic carbocycles. The number of unbranched alkanes of at least 4 members (excludes halogenated alkanes) is 1. The van der Waals surface area contributed by atoms with Crippen LogP contribution < -0.4 is 10.6 Å². The summed E-state index contributed by atoms with van der Waals surface area (Å²) in [5.41, 5.74) is -1.09. The highest BCUT2D eigenvalue weighted by Gasteiger charge is 2.27. The number of esters is 2. The molecule has 0 rings (SSSR count). The summed E-state index contributed by atoms with van der Waals surface area (Å²) >= 11 is 0. The third kappa shape index (κ3) is 13.0. The van der Waals surface area contributed by atoms with Gasteiger partial charge in [0.15, 0.2) is 0 Å². The molecular formula is C22H40N2O8. The number of alkyl carbamates (subject to hydrolysis) is 2. The Labute approximate surface area is 191 Å². The molecule has 0 fully saturated rings. The van der Waals surface area contributed by atoms with E-state index >= 15 is 0 Å². The molecule has 0 unspecified atom stereocenters. The van der Waals surface area contributed by atoms with Crippen LogP contribution in [0, 0.1) is 10.8 Å². The molecule has 2 amide bonds. The fourth-order valence-corrected chi connectivity index (χ4v) is 1.91. The molecule has 0 spiro atoms. The van der Waals surface area contributed by atoms with Gasteiger partial charge in [-0.15, -0.1) is 0 Å². The van der Waals surface area contributed by atoms with E-state index in [-0.39, 0.29) is 51.5 Å². The molecule has 10 heteroatoms. The Hall–Kier alpha value is -2.52. The number of rotatable bonds is 15. The number of carbonyl (C=O) groups is 4. The minimum atomic E-state index is -0.602. The molecule has 0 aliphatic rings. The fraction of sp³-hybridized carbons (Fsp3) is 0.818. The minimum absolute atomic E-state index is 0.0792. The molecule has 0 aromatic rings. The van der Waals surface area contributed by atoms with Crippen LogP contribution in [0.3, 0.4) is 0 Å². The first-order valence-corrected chi connectivity index (χ1v) is 11.1. The summed E-state index contributed by atoms with van der Waals surface area (Å²) in [6.45, 7) is 11.8. The second-order valence-electron chi connectivity index (χ2n) is 8.58. The third-order valence-electron chi connectivity index (χ3n) is 5.09. The summed E-state index contributed by atoms with van der Waals surface area (Å²) in [5, 5.41) is 4.99. The van der Waals surface area contributed by atoms with Gasteiger partial charge >= 0.3 is 24.1 Å². The molecule has 2 N–H and O–H groups in total. The minimum Gasteiger partial charge on any atom is -0.463 e. The van der Waals surface area contributed by atoms with Gasteiger partial charge in [-0.1, -0.05) is 13.8 Å². The van der Waals surface area contributed by atoms with Gasteiger partial charge in [0.2, 0.25) is 0 Å². The van der Waals surface area contributed by atoms with Gasteiger partial charge < -0.3 is 29.6 Å². The van der Waals surface area contributed by atoms with E-state index in [1.165, 1.54) is 0 Å². The maximum absolute atomic E-state index is 11.8. The summed E-state index contributed by atoms with van der Waals surface area (Å²) < 4.78 is 20.2. The Kier molecular flexibility index (Phi) is 14.1.